The van der Waals surface area contributed by atoms with Crippen LogP contribution in [0, 0.1) is 6.92 Å². The summed E-state index contributed by atoms with van der Waals surface area (Å²) in [6.45, 7) is 4.15. The number of nitrogens with two attached hydrogens (primary N) is 1. The van der Waals surface area contributed by atoms with E-state index in [4.69, 9.17) is 10.2 Å². The molecule has 7 heteroatoms. The Hall–Kier alpha value is -2.83. The largest absolute Gasteiger partial charge is 0.452 e. The maximum absolute atomic E-state index is 6.18. The van der Waals surface area contributed by atoms with Crippen molar-refractivity contribution in [2.75, 3.05) is 18.8 Å². The van der Waals surface area contributed by atoms with Crippen molar-refractivity contribution in [3.8, 4) is 22.5 Å². The molecule has 150 valence electrons. The van der Waals surface area contributed by atoms with Gasteiger partial charge in [0, 0.05) is 40.0 Å². The number of aromatic nitrogens is 3. The lowest BCUT2D eigenvalue weighted by Gasteiger charge is -2.22. The van der Waals surface area contributed by atoms with Gasteiger partial charge in [0.2, 0.25) is 0 Å². The van der Waals surface area contributed by atoms with Gasteiger partial charge in [-0.2, -0.15) is 5.10 Å². The third-order valence-corrected chi connectivity index (χ3v) is 5.61. The number of aryl methyl sites for hydroxylation is 1. The standard InChI is InChI=1S/C22H23N5O.ClH/c1-14-19-18(16-11-26-27(13-16)17-7-9-24-10-8-17)12-25-22(23)21(19)28-20(14)15-5-3-2-4-6-15;/h2-6,11-13,17,24H,7-10H2,1H3,(H2,23,25);1H. The second-order valence-electron chi connectivity index (χ2n) is 7.37. The zero-order valence-electron chi connectivity index (χ0n) is 16.3. The smallest absolute Gasteiger partial charge is 0.177 e. The normalized spacial score (nSPS) is 14.8. The first-order chi connectivity index (χ1) is 13.7. The first kappa shape index (κ1) is 19.5. The zero-order valence-corrected chi connectivity index (χ0v) is 17.1. The summed E-state index contributed by atoms with van der Waals surface area (Å²) >= 11 is 0. The maximum atomic E-state index is 6.18. The zero-order chi connectivity index (χ0) is 19.1. The second kappa shape index (κ2) is 7.89. The van der Waals surface area contributed by atoms with Gasteiger partial charge in [-0.1, -0.05) is 30.3 Å². The molecule has 3 N–H and O–H groups in total. The summed E-state index contributed by atoms with van der Waals surface area (Å²) in [5, 5.41) is 9.05. The van der Waals surface area contributed by atoms with Gasteiger partial charge < -0.3 is 15.5 Å². The Morgan fingerprint density at radius 2 is 1.86 bits per heavy atom. The van der Waals surface area contributed by atoms with Crippen molar-refractivity contribution in [2.24, 2.45) is 0 Å². The molecule has 0 saturated carbocycles. The van der Waals surface area contributed by atoms with Crippen LogP contribution in [0.1, 0.15) is 24.4 Å². The minimum atomic E-state index is 0. The number of piperidine rings is 1. The quantitative estimate of drug-likeness (QED) is 0.517. The van der Waals surface area contributed by atoms with Gasteiger partial charge in [0.1, 0.15) is 5.76 Å². The van der Waals surface area contributed by atoms with E-state index in [1.54, 1.807) is 0 Å². The highest BCUT2D eigenvalue weighted by Crippen LogP contribution is 2.40. The molecule has 1 fully saturated rings. The molecule has 0 atom stereocenters. The summed E-state index contributed by atoms with van der Waals surface area (Å²) in [5.41, 5.74) is 10.9. The van der Waals surface area contributed by atoms with Crippen LogP contribution in [-0.2, 0) is 0 Å². The van der Waals surface area contributed by atoms with E-state index in [0.717, 1.165) is 59.3 Å². The summed E-state index contributed by atoms with van der Waals surface area (Å²) in [6.07, 6.45) is 8.07. The fourth-order valence-electron chi connectivity index (χ4n) is 4.11. The highest BCUT2D eigenvalue weighted by atomic mass is 35.5. The molecule has 1 aliphatic heterocycles. The summed E-state index contributed by atoms with van der Waals surface area (Å²) in [6, 6.07) is 10.5. The van der Waals surface area contributed by atoms with Crippen molar-refractivity contribution in [3.63, 3.8) is 0 Å². The molecule has 0 aliphatic carbocycles. The minimum absolute atomic E-state index is 0. The van der Waals surface area contributed by atoms with Gasteiger partial charge in [-0.25, -0.2) is 4.98 Å². The number of benzene rings is 1. The fraction of sp³-hybridized carbons (Fsp3) is 0.273. The first-order valence-electron chi connectivity index (χ1n) is 9.70. The number of rotatable bonds is 3. The Bertz CT molecular complexity index is 1130. The van der Waals surface area contributed by atoms with Gasteiger partial charge in [0.25, 0.3) is 0 Å². The van der Waals surface area contributed by atoms with Crippen LogP contribution in [0.15, 0.2) is 53.3 Å². The number of anilines is 1. The lowest BCUT2D eigenvalue weighted by atomic mass is 10.0. The molecule has 1 aromatic carbocycles. The lowest BCUT2D eigenvalue weighted by Crippen LogP contribution is -2.29. The monoisotopic (exact) mass is 409 g/mol. The molecule has 4 heterocycles. The van der Waals surface area contributed by atoms with Crippen LogP contribution in [-0.4, -0.2) is 27.9 Å². The van der Waals surface area contributed by atoms with Crippen molar-refractivity contribution in [1.29, 1.82) is 0 Å². The fourth-order valence-corrected chi connectivity index (χ4v) is 4.11. The average molecular weight is 410 g/mol. The highest BCUT2D eigenvalue weighted by molar-refractivity contribution is 6.02. The average Bonchev–Trinajstić information content (AvgIpc) is 3.36. The van der Waals surface area contributed by atoms with Crippen molar-refractivity contribution in [3.05, 3.63) is 54.5 Å². The predicted molar refractivity (Wildman–Crippen MR) is 118 cm³/mol. The number of halogens is 1. The minimum Gasteiger partial charge on any atom is -0.452 e. The predicted octanol–water partition coefficient (Wildman–Crippen LogP) is 4.60. The van der Waals surface area contributed by atoms with E-state index in [9.17, 15) is 0 Å². The molecule has 1 saturated heterocycles. The molecule has 6 nitrogen and oxygen atoms in total. The van der Waals surface area contributed by atoms with Gasteiger partial charge in [-0.05, 0) is 32.9 Å². The van der Waals surface area contributed by atoms with Crippen molar-refractivity contribution < 1.29 is 4.42 Å². The molecule has 1 aliphatic rings. The van der Waals surface area contributed by atoms with E-state index in [1.165, 1.54) is 0 Å². The Labute approximate surface area is 175 Å². The summed E-state index contributed by atoms with van der Waals surface area (Å²) in [7, 11) is 0. The number of hydrogen-bond donors (Lipinski definition) is 2. The summed E-state index contributed by atoms with van der Waals surface area (Å²) in [4.78, 5) is 4.39. The molecule has 3 aromatic heterocycles. The lowest BCUT2D eigenvalue weighted by molar-refractivity contribution is 0.343. The highest BCUT2D eigenvalue weighted by Gasteiger charge is 2.21. The van der Waals surface area contributed by atoms with Crippen LogP contribution in [0.25, 0.3) is 33.4 Å². The number of nitrogens with one attached hydrogen (secondary N) is 1. The molecule has 4 aromatic rings. The SMILES string of the molecule is Cc1c(-c2ccccc2)oc2c(N)ncc(-c3cnn(C4CCNCC4)c3)c12.Cl. The molecule has 0 amide bonds. The van der Waals surface area contributed by atoms with Crippen LogP contribution in [0.5, 0.6) is 0 Å². The molecule has 5 rings (SSSR count). The van der Waals surface area contributed by atoms with Crippen molar-refractivity contribution >= 4 is 29.2 Å². The second-order valence-corrected chi connectivity index (χ2v) is 7.37. The van der Waals surface area contributed by atoms with Crippen LogP contribution in [0.4, 0.5) is 5.82 Å². The number of nitrogen functional groups attached to an aromatic ring is 1. The van der Waals surface area contributed by atoms with E-state index < -0.39 is 0 Å². The van der Waals surface area contributed by atoms with Crippen LogP contribution in [0.2, 0.25) is 0 Å². The number of nitrogens with zero attached hydrogens (tertiary/aromatic N) is 3. The number of fused-ring (bicyclic) bond motifs is 1. The molecule has 0 spiro atoms. The van der Waals surface area contributed by atoms with E-state index in [1.807, 2.05) is 42.7 Å². The number of furan rings is 1. The van der Waals surface area contributed by atoms with E-state index >= 15 is 0 Å². The third-order valence-electron chi connectivity index (χ3n) is 5.61. The molecule has 0 bridgehead atoms. The number of hydrogen-bond acceptors (Lipinski definition) is 5. The topological polar surface area (TPSA) is 81.9 Å². The third kappa shape index (κ3) is 3.39. The van der Waals surface area contributed by atoms with Crippen LogP contribution in [0.3, 0.4) is 0 Å². The molecular weight excluding hydrogens is 386 g/mol. The van der Waals surface area contributed by atoms with Crippen molar-refractivity contribution in [2.45, 2.75) is 25.8 Å². The summed E-state index contributed by atoms with van der Waals surface area (Å²) in [5.74, 6) is 1.25. The van der Waals surface area contributed by atoms with E-state index in [2.05, 4.69) is 33.2 Å². The van der Waals surface area contributed by atoms with Gasteiger partial charge in [-0.15, -0.1) is 12.4 Å². The molecule has 0 unspecified atom stereocenters. The van der Waals surface area contributed by atoms with Gasteiger partial charge in [0.15, 0.2) is 11.4 Å². The Morgan fingerprint density at radius 3 is 2.62 bits per heavy atom. The van der Waals surface area contributed by atoms with Gasteiger partial charge in [0.05, 0.1) is 12.2 Å². The van der Waals surface area contributed by atoms with Gasteiger partial charge >= 0.3 is 0 Å². The Kier molecular flexibility index (Phi) is 5.30. The Morgan fingerprint density at radius 1 is 1.10 bits per heavy atom. The first-order valence-corrected chi connectivity index (χ1v) is 9.70. The maximum Gasteiger partial charge on any atom is 0.177 e. The van der Waals surface area contributed by atoms with E-state index in [0.29, 0.717) is 17.4 Å². The van der Waals surface area contributed by atoms with Crippen LogP contribution >= 0.6 is 12.4 Å². The van der Waals surface area contributed by atoms with Gasteiger partial charge in [-0.3, -0.25) is 4.68 Å². The molecule has 0 radical (unpaired) electrons. The van der Waals surface area contributed by atoms with Crippen molar-refractivity contribution in [1.82, 2.24) is 20.1 Å². The van der Waals surface area contributed by atoms with Crippen LogP contribution < -0.4 is 11.1 Å². The van der Waals surface area contributed by atoms with E-state index in [-0.39, 0.29) is 12.4 Å². The molecule has 29 heavy (non-hydrogen) atoms. The number of pyridine rings is 1. The molecular formula is C22H24ClN5O. The summed E-state index contributed by atoms with van der Waals surface area (Å²) < 4.78 is 8.27. The Balaban J connectivity index is 0.00000205.